The molecular formula is C15H33NO3. The molecule has 4 heteroatoms. The Hall–Kier alpha value is -0.160. The molecule has 0 spiro atoms. The van der Waals surface area contributed by atoms with Gasteiger partial charge in [0, 0.05) is 13.0 Å². The predicted molar refractivity (Wildman–Crippen MR) is 78.8 cm³/mol. The minimum absolute atomic E-state index is 0.204. The van der Waals surface area contributed by atoms with Crippen molar-refractivity contribution < 1.29 is 14.9 Å². The van der Waals surface area contributed by atoms with Gasteiger partial charge in [0.2, 0.25) is 0 Å². The lowest BCUT2D eigenvalue weighted by Crippen LogP contribution is -2.36. The Morgan fingerprint density at radius 2 is 1.68 bits per heavy atom. The van der Waals surface area contributed by atoms with Gasteiger partial charge in [0.25, 0.3) is 5.97 Å². The molecule has 0 aliphatic carbocycles. The van der Waals surface area contributed by atoms with Crippen molar-refractivity contribution in [2.75, 3.05) is 19.7 Å². The van der Waals surface area contributed by atoms with E-state index in [2.05, 4.69) is 19.2 Å². The van der Waals surface area contributed by atoms with Crippen LogP contribution in [-0.2, 0) is 4.74 Å². The Bertz CT molecular complexity index is 196. The SMILES string of the molecule is CCNCCC(O)(O)OCCCCCCCC(C)C. The van der Waals surface area contributed by atoms with E-state index >= 15 is 0 Å². The molecule has 0 aliphatic rings. The minimum Gasteiger partial charge on any atom is -0.343 e. The normalized spacial score (nSPS) is 12.3. The van der Waals surface area contributed by atoms with E-state index in [1.54, 1.807) is 0 Å². The molecule has 116 valence electrons. The number of hydrogen-bond acceptors (Lipinski definition) is 4. The summed E-state index contributed by atoms with van der Waals surface area (Å²) in [6, 6.07) is 0. The standard InChI is InChI=1S/C15H33NO3/c1-4-16-12-11-15(17,18)19-13-9-7-5-6-8-10-14(2)3/h14,16-18H,4-13H2,1-3H3. The molecule has 0 fully saturated rings. The van der Waals surface area contributed by atoms with Gasteiger partial charge in [0.15, 0.2) is 0 Å². The van der Waals surface area contributed by atoms with E-state index < -0.39 is 5.97 Å². The average Bonchev–Trinajstić information content (AvgIpc) is 2.32. The van der Waals surface area contributed by atoms with Crippen molar-refractivity contribution in [3.63, 3.8) is 0 Å². The van der Waals surface area contributed by atoms with E-state index in [9.17, 15) is 10.2 Å². The molecule has 0 aromatic rings. The molecule has 0 bridgehead atoms. The summed E-state index contributed by atoms with van der Waals surface area (Å²) in [4.78, 5) is 0. The summed E-state index contributed by atoms with van der Waals surface area (Å²) >= 11 is 0. The van der Waals surface area contributed by atoms with E-state index in [1.807, 2.05) is 6.92 Å². The third-order valence-electron chi connectivity index (χ3n) is 3.14. The van der Waals surface area contributed by atoms with Crippen LogP contribution in [0.15, 0.2) is 0 Å². The average molecular weight is 275 g/mol. The molecule has 0 radical (unpaired) electrons. The molecule has 0 aliphatic heterocycles. The van der Waals surface area contributed by atoms with Gasteiger partial charge in [-0.05, 0) is 18.9 Å². The molecule has 0 saturated carbocycles. The summed E-state index contributed by atoms with van der Waals surface area (Å²) in [5, 5.41) is 22.1. The summed E-state index contributed by atoms with van der Waals surface area (Å²) in [5.74, 6) is -1.18. The lowest BCUT2D eigenvalue weighted by Gasteiger charge is -2.21. The maximum atomic E-state index is 9.54. The van der Waals surface area contributed by atoms with Crippen LogP contribution in [0.4, 0.5) is 0 Å². The fraction of sp³-hybridized carbons (Fsp3) is 1.00. The van der Waals surface area contributed by atoms with Crippen molar-refractivity contribution in [1.82, 2.24) is 5.32 Å². The number of nitrogens with one attached hydrogen (secondary N) is 1. The number of ether oxygens (including phenoxy) is 1. The van der Waals surface area contributed by atoms with E-state index in [0.717, 1.165) is 25.3 Å². The summed E-state index contributed by atoms with van der Waals surface area (Å²) in [6.07, 6.45) is 7.27. The van der Waals surface area contributed by atoms with Crippen LogP contribution in [0.2, 0.25) is 0 Å². The highest BCUT2D eigenvalue weighted by atomic mass is 16.8. The van der Waals surface area contributed by atoms with Gasteiger partial charge in [-0.15, -0.1) is 0 Å². The van der Waals surface area contributed by atoms with E-state index in [-0.39, 0.29) is 6.42 Å². The van der Waals surface area contributed by atoms with Crippen molar-refractivity contribution in [2.24, 2.45) is 5.92 Å². The zero-order valence-electron chi connectivity index (χ0n) is 13.0. The first kappa shape index (κ1) is 18.8. The number of hydrogen-bond donors (Lipinski definition) is 3. The molecule has 0 unspecified atom stereocenters. The van der Waals surface area contributed by atoms with Crippen molar-refractivity contribution in [3.8, 4) is 0 Å². The van der Waals surface area contributed by atoms with Crippen LogP contribution in [0.1, 0.15) is 65.7 Å². The molecule has 0 aromatic heterocycles. The Morgan fingerprint density at radius 1 is 1.05 bits per heavy atom. The molecule has 3 N–H and O–H groups in total. The summed E-state index contributed by atoms with van der Waals surface area (Å²) in [6.45, 7) is 8.29. The van der Waals surface area contributed by atoms with Gasteiger partial charge >= 0.3 is 0 Å². The van der Waals surface area contributed by atoms with E-state index in [1.165, 1.54) is 25.7 Å². The Kier molecular flexibility index (Phi) is 11.6. The fourth-order valence-corrected chi connectivity index (χ4v) is 1.92. The first-order chi connectivity index (χ1) is 8.98. The van der Waals surface area contributed by atoms with Gasteiger partial charge in [-0.25, -0.2) is 0 Å². The van der Waals surface area contributed by atoms with E-state index in [4.69, 9.17) is 4.74 Å². The largest absolute Gasteiger partial charge is 0.343 e. The minimum atomic E-state index is -1.97. The summed E-state index contributed by atoms with van der Waals surface area (Å²) in [7, 11) is 0. The van der Waals surface area contributed by atoms with Crippen LogP contribution < -0.4 is 5.32 Å². The number of rotatable bonds is 13. The van der Waals surface area contributed by atoms with Gasteiger partial charge in [-0.2, -0.15) is 0 Å². The van der Waals surface area contributed by atoms with Crippen LogP contribution in [0.25, 0.3) is 0 Å². The van der Waals surface area contributed by atoms with Crippen LogP contribution in [0.3, 0.4) is 0 Å². The molecule has 0 heterocycles. The molecule has 19 heavy (non-hydrogen) atoms. The van der Waals surface area contributed by atoms with Crippen molar-refractivity contribution >= 4 is 0 Å². The van der Waals surface area contributed by atoms with Gasteiger partial charge in [-0.1, -0.05) is 52.9 Å². The van der Waals surface area contributed by atoms with Gasteiger partial charge in [-0.3, -0.25) is 0 Å². The molecule has 0 atom stereocenters. The third-order valence-corrected chi connectivity index (χ3v) is 3.14. The second-order valence-electron chi connectivity index (χ2n) is 5.65. The first-order valence-corrected chi connectivity index (χ1v) is 7.77. The maximum Gasteiger partial charge on any atom is 0.279 e. The first-order valence-electron chi connectivity index (χ1n) is 7.77. The molecule has 0 aromatic carbocycles. The lowest BCUT2D eigenvalue weighted by atomic mass is 10.0. The quantitative estimate of drug-likeness (QED) is 0.357. The summed E-state index contributed by atoms with van der Waals surface area (Å²) in [5.41, 5.74) is 0. The summed E-state index contributed by atoms with van der Waals surface area (Å²) < 4.78 is 5.09. The van der Waals surface area contributed by atoms with Crippen molar-refractivity contribution in [3.05, 3.63) is 0 Å². The third kappa shape index (κ3) is 14.1. The molecule has 4 nitrogen and oxygen atoms in total. The highest BCUT2D eigenvalue weighted by Crippen LogP contribution is 2.12. The van der Waals surface area contributed by atoms with Crippen LogP contribution >= 0.6 is 0 Å². The smallest absolute Gasteiger partial charge is 0.279 e. The fourth-order valence-electron chi connectivity index (χ4n) is 1.92. The number of unbranched alkanes of at least 4 members (excludes halogenated alkanes) is 4. The van der Waals surface area contributed by atoms with Crippen molar-refractivity contribution in [2.45, 2.75) is 71.7 Å². The second kappa shape index (κ2) is 11.6. The zero-order valence-corrected chi connectivity index (χ0v) is 13.0. The molecule has 0 saturated heterocycles. The van der Waals surface area contributed by atoms with Crippen LogP contribution in [-0.4, -0.2) is 35.9 Å². The zero-order chi connectivity index (χ0) is 14.6. The highest BCUT2D eigenvalue weighted by molar-refractivity contribution is 4.55. The number of aliphatic hydroxyl groups is 2. The molecular weight excluding hydrogens is 242 g/mol. The Labute approximate surface area is 118 Å². The second-order valence-corrected chi connectivity index (χ2v) is 5.65. The predicted octanol–water partition coefficient (Wildman–Crippen LogP) is 2.64. The van der Waals surface area contributed by atoms with Gasteiger partial charge < -0.3 is 20.3 Å². The highest BCUT2D eigenvalue weighted by Gasteiger charge is 2.22. The van der Waals surface area contributed by atoms with Gasteiger partial charge in [0.05, 0.1) is 6.61 Å². The van der Waals surface area contributed by atoms with Crippen molar-refractivity contribution in [1.29, 1.82) is 0 Å². The van der Waals surface area contributed by atoms with Crippen LogP contribution in [0, 0.1) is 5.92 Å². The monoisotopic (exact) mass is 275 g/mol. The van der Waals surface area contributed by atoms with Crippen LogP contribution in [0.5, 0.6) is 0 Å². The Morgan fingerprint density at radius 3 is 2.32 bits per heavy atom. The maximum absolute atomic E-state index is 9.54. The molecule has 0 rings (SSSR count). The topological polar surface area (TPSA) is 61.7 Å². The Balaban J connectivity index is 3.32. The lowest BCUT2D eigenvalue weighted by molar-refractivity contribution is -0.339. The van der Waals surface area contributed by atoms with E-state index in [0.29, 0.717) is 13.2 Å². The molecule has 0 amide bonds. The van der Waals surface area contributed by atoms with Gasteiger partial charge in [0.1, 0.15) is 0 Å².